The molecular formula is C19H22N2O6. The van der Waals surface area contributed by atoms with E-state index in [9.17, 15) is 14.7 Å². The molecule has 0 atom stereocenters. The lowest BCUT2D eigenvalue weighted by molar-refractivity contribution is -0.115. The third-order valence-corrected chi connectivity index (χ3v) is 3.51. The highest BCUT2D eigenvalue weighted by atomic mass is 16.7. The van der Waals surface area contributed by atoms with Gasteiger partial charge in [-0.05, 0) is 17.7 Å². The second kappa shape index (κ2) is 10.0. The minimum atomic E-state index is -0.787. The van der Waals surface area contributed by atoms with Crippen LogP contribution < -0.4 is 15.4 Å². The fourth-order valence-electron chi connectivity index (χ4n) is 2.14. The van der Waals surface area contributed by atoms with Gasteiger partial charge in [0.25, 0.3) is 0 Å². The van der Waals surface area contributed by atoms with Crippen LogP contribution in [0.3, 0.4) is 0 Å². The standard InChI is InChI=1S/C19H22N2O6/c1-3-16(22)20-14-9-10-15(27-12-25-2)18(23)17(14)21-19(24)26-11-13-7-5-4-6-8-13/h4-10,23H,3,11-12H2,1-2H3,(H,20,22)(H,21,24). The number of hydrogen-bond acceptors (Lipinski definition) is 6. The van der Waals surface area contributed by atoms with Crippen LogP contribution in [-0.4, -0.2) is 31.0 Å². The van der Waals surface area contributed by atoms with E-state index in [1.165, 1.54) is 19.2 Å². The molecule has 0 saturated heterocycles. The summed E-state index contributed by atoms with van der Waals surface area (Å²) in [7, 11) is 1.44. The van der Waals surface area contributed by atoms with E-state index >= 15 is 0 Å². The van der Waals surface area contributed by atoms with Gasteiger partial charge >= 0.3 is 6.09 Å². The van der Waals surface area contributed by atoms with Gasteiger partial charge < -0.3 is 24.6 Å². The fourth-order valence-corrected chi connectivity index (χ4v) is 2.14. The molecule has 2 aromatic carbocycles. The van der Waals surface area contributed by atoms with Crippen molar-refractivity contribution in [2.24, 2.45) is 0 Å². The summed E-state index contributed by atoms with van der Waals surface area (Å²) in [6.07, 6.45) is -0.550. The van der Waals surface area contributed by atoms with Gasteiger partial charge in [0.15, 0.2) is 18.3 Å². The minimum absolute atomic E-state index is 0.0246. The highest BCUT2D eigenvalue weighted by Crippen LogP contribution is 2.40. The second-order valence-electron chi connectivity index (χ2n) is 5.47. The molecule has 0 saturated carbocycles. The first kappa shape index (κ1) is 20.1. The Balaban J connectivity index is 2.17. The van der Waals surface area contributed by atoms with Gasteiger partial charge in [0, 0.05) is 13.5 Å². The number of methoxy groups -OCH3 is 1. The molecule has 0 aliphatic heterocycles. The van der Waals surface area contributed by atoms with Crippen LogP contribution in [0.5, 0.6) is 11.5 Å². The summed E-state index contributed by atoms with van der Waals surface area (Å²) in [5, 5.41) is 15.5. The largest absolute Gasteiger partial charge is 0.503 e. The molecule has 2 rings (SSSR count). The van der Waals surface area contributed by atoms with E-state index in [0.717, 1.165) is 5.56 Å². The number of phenolic OH excluding ortho intramolecular Hbond substituents is 1. The van der Waals surface area contributed by atoms with Crippen molar-refractivity contribution >= 4 is 23.4 Å². The van der Waals surface area contributed by atoms with E-state index in [2.05, 4.69) is 10.6 Å². The van der Waals surface area contributed by atoms with Crippen molar-refractivity contribution in [3.63, 3.8) is 0 Å². The maximum atomic E-state index is 12.1. The Morgan fingerprint density at radius 1 is 1.07 bits per heavy atom. The predicted molar refractivity (Wildman–Crippen MR) is 99.8 cm³/mol. The second-order valence-corrected chi connectivity index (χ2v) is 5.47. The first-order valence-corrected chi connectivity index (χ1v) is 8.30. The quantitative estimate of drug-likeness (QED) is 0.482. The summed E-state index contributed by atoms with van der Waals surface area (Å²) >= 11 is 0. The van der Waals surface area contributed by atoms with Crippen LogP contribution in [0.25, 0.3) is 0 Å². The molecule has 8 heteroatoms. The van der Waals surface area contributed by atoms with E-state index in [1.807, 2.05) is 30.3 Å². The van der Waals surface area contributed by atoms with Crippen LogP contribution in [0.4, 0.5) is 16.2 Å². The molecule has 0 radical (unpaired) electrons. The molecule has 27 heavy (non-hydrogen) atoms. The summed E-state index contributed by atoms with van der Waals surface area (Å²) in [6.45, 7) is 1.66. The van der Waals surface area contributed by atoms with Crippen molar-refractivity contribution in [1.29, 1.82) is 0 Å². The van der Waals surface area contributed by atoms with Crippen LogP contribution >= 0.6 is 0 Å². The maximum Gasteiger partial charge on any atom is 0.412 e. The van der Waals surface area contributed by atoms with Gasteiger partial charge in [0.05, 0.1) is 5.69 Å². The summed E-state index contributed by atoms with van der Waals surface area (Å²) in [4.78, 5) is 23.9. The maximum absolute atomic E-state index is 12.1. The summed E-state index contributed by atoms with van der Waals surface area (Å²) < 4.78 is 15.2. The van der Waals surface area contributed by atoms with Crippen molar-refractivity contribution in [2.75, 3.05) is 24.5 Å². The van der Waals surface area contributed by atoms with Gasteiger partial charge in [-0.3, -0.25) is 10.1 Å². The number of amides is 2. The molecule has 0 spiro atoms. The number of carbonyl (C=O) groups excluding carboxylic acids is 2. The third kappa shape index (κ3) is 5.89. The molecule has 2 aromatic rings. The number of ether oxygens (including phenoxy) is 3. The van der Waals surface area contributed by atoms with Crippen LogP contribution in [0.15, 0.2) is 42.5 Å². The average Bonchev–Trinajstić information content (AvgIpc) is 2.69. The van der Waals surface area contributed by atoms with E-state index in [4.69, 9.17) is 14.2 Å². The Labute approximate surface area is 157 Å². The highest BCUT2D eigenvalue weighted by Gasteiger charge is 2.18. The zero-order valence-corrected chi connectivity index (χ0v) is 15.2. The van der Waals surface area contributed by atoms with Crippen LogP contribution in [-0.2, 0) is 20.9 Å². The Hall–Kier alpha value is -3.26. The number of aromatic hydroxyl groups is 1. The molecule has 0 aromatic heterocycles. The topological polar surface area (TPSA) is 106 Å². The van der Waals surface area contributed by atoms with Crippen molar-refractivity contribution in [1.82, 2.24) is 0 Å². The van der Waals surface area contributed by atoms with Gasteiger partial charge in [0.1, 0.15) is 12.3 Å². The molecule has 0 unspecified atom stereocenters. The van der Waals surface area contributed by atoms with Gasteiger partial charge in [0.2, 0.25) is 5.91 Å². The lowest BCUT2D eigenvalue weighted by atomic mass is 10.2. The molecular weight excluding hydrogens is 352 g/mol. The van der Waals surface area contributed by atoms with E-state index in [1.54, 1.807) is 6.92 Å². The average molecular weight is 374 g/mol. The smallest absolute Gasteiger partial charge is 0.412 e. The van der Waals surface area contributed by atoms with E-state index in [-0.39, 0.29) is 48.6 Å². The van der Waals surface area contributed by atoms with Crippen molar-refractivity contribution in [2.45, 2.75) is 20.0 Å². The number of rotatable bonds is 8. The molecule has 144 valence electrons. The molecule has 3 N–H and O–H groups in total. The lowest BCUT2D eigenvalue weighted by Crippen LogP contribution is -2.17. The van der Waals surface area contributed by atoms with Gasteiger partial charge in [-0.2, -0.15) is 0 Å². The number of nitrogens with one attached hydrogen (secondary N) is 2. The number of benzene rings is 2. The van der Waals surface area contributed by atoms with Crippen LogP contribution in [0.2, 0.25) is 0 Å². The van der Waals surface area contributed by atoms with Crippen LogP contribution in [0, 0.1) is 0 Å². The minimum Gasteiger partial charge on any atom is -0.503 e. The SMILES string of the molecule is CCC(=O)Nc1ccc(OCOC)c(O)c1NC(=O)OCc1ccccc1. The third-order valence-electron chi connectivity index (χ3n) is 3.51. The molecule has 0 aliphatic rings. The van der Waals surface area contributed by atoms with E-state index < -0.39 is 6.09 Å². The Bertz CT molecular complexity index is 779. The Morgan fingerprint density at radius 3 is 2.48 bits per heavy atom. The van der Waals surface area contributed by atoms with E-state index in [0.29, 0.717) is 0 Å². The highest BCUT2D eigenvalue weighted by molar-refractivity contribution is 6.00. The first-order valence-electron chi connectivity index (χ1n) is 8.30. The fraction of sp³-hybridized carbons (Fsp3) is 0.263. The monoisotopic (exact) mass is 374 g/mol. The van der Waals surface area contributed by atoms with Crippen molar-refractivity contribution in [3.8, 4) is 11.5 Å². The normalized spacial score (nSPS) is 10.1. The zero-order valence-electron chi connectivity index (χ0n) is 15.2. The molecule has 8 nitrogen and oxygen atoms in total. The van der Waals surface area contributed by atoms with Gasteiger partial charge in [-0.1, -0.05) is 37.3 Å². The summed E-state index contributed by atoms with van der Waals surface area (Å²) in [5.74, 6) is -0.539. The molecule has 0 heterocycles. The Kier molecular flexibility index (Phi) is 7.45. The molecule has 2 amide bonds. The van der Waals surface area contributed by atoms with Crippen molar-refractivity contribution in [3.05, 3.63) is 48.0 Å². The zero-order chi connectivity index (χ0) is 19.6. The van der Waals surface area contributed by atoms with Gasteiger partial charge in [-0.25, -0.2) is 4.79 Å². The summed E-state index contributed by atoms with van der Waals surface area (Å²) in [5.41, 5.74) is 1.01. The van der Waals surface area contributed by atoms with Crippen molar-refractivity contribution < 1.29 is 28.9 Å². The number of hydrogen-bond donors (Lipinski definition) is 3. The molecule has 0 fully saturated rings. The van der Waals surface area contributed by atoms with Gasteiger partial charge in [-0.15, -0.1) is 0 Å². The number of phenols is 1. The lowest BCUT2D eigenvalue weighted by Gasteiger charge is -2.16. The molecule has 0 aliphatic carbocycles. The number of carbonyl (C=O) groups is 2. The number of anilines is 2. The van der Waals surface area contributed by atoms with Crippen LogP contribution in [0.1, 0.15) is 18.9 Å². The molecule has 0 bridgehead atoms. The predicted octanol–water partition coefficient (Wildman–Crippen LogP) is 3.47. The summed E-state index contributed by atoms with van der Waals surface area (Å²) in [6, 6.07) is 12.1. The Morgan fingerprint density at radius 2 is 1.81 bits per heavy atom. The first-order chi connectivity index (χ1) is 13.0.